The number of hydrogen-bond donors (Lipinski definition) is 2. The molecule has 1 aliphatic carbocycles. The summed E-state index contributed by atoms with van der Waals surface area (Å²) in [6.45, 7) is 6.21. The molecule has 1 aromatic rings. The summed E-state index contributed by atoms with van der Waals surface area (Å²) in [4.78, 5) is 12.0. The molecule has 17 heavy (non-hydrogen) atoms. The Labute approximate surface area is 102 Å². The summed E-state index contributed by atoms with van der Waals surface area (Å²) in [6, 6.07) is 7.99. The molecule has 1 aromatic carbocycles. The SMILES string of the molecule is Cc1ccc(C(=O)NC2CC(N)C2(C)C)cc1. The molecule has 0 aliphatic heterocycles. The van der Waals surface area contributed by atoms with E-state index in [-0.39, 0.29) is 23.4 Å². The predicted octanol–water partition coefficient (Wildman–Crippen LogP) is 1.85. The quantitative estimate of drug-likeness (QED) is 0.817. The summed E-state index contributed by atoms with van der Waals surface area (Å²) in [5.74, 6) is -0.00465. The molecule has 0 bridgehead atoms. The molecule has 2 atom stereocenters. The van der Waals surface area contributed by atoms with Gasteiger partial charge in [0, 0.05) is 23.1 Å². The number of hydrogen-bond acceptors (Lipinski definition) is 2. The Morgan fingerprint density at radius 2 is 1.94 bits per heavy atom. The molecule has 1 amide bonds. The lowest BCUT2D eigenvalue weighted by Gasteiger charge is -2.50. The molecule has 92 valence electrons. The Morgan fingerprint density at radius 3 is 2.41 bits per heavy atom. The minimum atomic E-state index is -0.00465. The van der Waals surface area contributed by atoms with Gasteiger partial charge in [0.2, 0.25) is 0 Å². The van der Waals surface area contributed by atoms with Crippen molar-refractivity contribution in [1.82, 2.24) is 5.32 Å². The largest absolute Gasteiger partial charge is 0.349 e. The molecule has 2 rings (SSSR count). The van der Waals surface area contributed by atoms with E-state index >= 15 is 0 Å². The molecule has 0 aromatic heterocycles. The predicted molar refractivity (Wildman–Crippen MR) is 68.8 cm³/mol. The summed E-state index contributed by atoms with van der Waals surface area (Å²) in [5.41, 5.74) is 7.80. The van der Waals surface area contributed by atoms with Crippen LogP contribution in [0.25, 0.3) is 0 Å². The Morgan fingerprint density at radius 1 is 1.35 bits per heavy atom. The van der Waals surface area contributed by atoms with Crippen molar-refractivity contribution in [2.45, 2.75) is 39.3 Å². The van der Waals surface area contributed by atoms with Gasteiger partial charge in [0.15, 0.2) is 0 Å². The molecule has 0 radical (unpaired) electrons. The molecule has 0 heterocycles. The lowest BCUT2D eigenvalue weighted by Crippen LogP contribution is -2.64. The number of rotatable bonds is 2. The van der Waals surface area contributed by atoms with Crippen LogP contribution >= 0.6 is 0 Å². The van der Waals surface area contributed by atoms with E-state index in [9.17, 15) is 4.79 Å². The van der Waals surface area contributed by atoms with Crippen molar-refractivity contribution >= 4 is 5.91 Å². The van der Waals surface area contributed by atoms with E-state index < -0.39 is 0 Å². The molecule has 1 fully saturated rings. The van der Waals surface area contributed by atoms with Crippen LogP contribution in [-0.4, -0.2) is 18.0 Å². The highest BCUT2D eigenvalue weighted by atomic mass is 16.1. The number of aryl methyl sites for hydroxylation is 1. The zero-order valence-corrected chi connectivity index (χ0v) is 10.7. The molecule has 3 heteroatoms. The summed E-state index contributed by atoms with van der Waals surface area (Å²) in [5, 5.41) is 3.05. The minimum Gasteiger partial charge on any atom is -0.349 e. The summed E-state index contributed by atoms with van der Waals surface area (Å²) < 4.78 is 0. The van der Waals surface area contributed by atoms with Crippen LogP contribution in [0.2, 0.25) is 0 Å². The molecule has 1 saturated carbocycles. The van der Waals surface area contributed by atoms with Gasteiger partial charge >= 0.3 is 0 Å². The van der Waals surface area contributed by atoms with Crippen LogP contribution in [0.1, 0.15) is 36.2 Å². The van der Waals surface area contributed by atoms with Crippen LogP contribution < -0.4 is 11.1 Å². The first-order valence-corrected chi connectivity index (χ1v) is 6.04. The maximum Gasteiger partial charge on any atom is 0.251 e. The van der Waals surface area contributed by atoms with Crippen LogP contribution in [0.4, 0.5) is 0 Å². The molecular weight excluding hydrogens is 212 g/mol. The molecule has 3 N–H and O–H groups in total. The third kappa shape index (κ3) is 2.20. The van der Waals surface area contributed by atoms with E-state index in [1.54, 1.807) is 0 Å². The standard InChI is InChI=1S/C14H20N2O/c1-9-4-6-10(7-5-9)13(17)16-12-8-11(15)14(12,2)3/h4-7,11-12H,8,15H2,1-3H3,(H,16,17). The fourth-order valence-corrected chi connectivity index (χ4v) is 2.15. The average Bonchev–Trinajstić information content (AvgIpc) is 2.29. The van der Waals surface area contributed by atoms with Crippen LogP contribution in [0.3, 0.4) is 0 Å². The minimum absolute atomic E-state index is 0.000354. The van der Waals surface area contributed by atoms with Gasteiger partial charge in [-0.2, -0.15) is 0 Å². The highest BCUT2D eigenvalue weighted by Crippen LogP contribution is 2.39. The summed E-state index contributed by atoms with van der Waals surface area (Å²) in [7, 11) is 0. The van der Waals surface area contributed by atoms with Gasteiger partial charge in [0.05, 0.1) is 0 Å². The van der Waals surface area contributed by atoms with Crippen LogP contribution in [-0.2, 0) is 0 Å². The van der Waals surface area contributed by atoms with Crippen molar-refractivity contribution in [3.63, 3.8) is 0 Å². The first-order valence-electron chi connectivity index (χ1n) is 6.04. The fraction of sp³-hybridized carbons (Fsp3) is 0.500. The number of carbonyl (C=O) groups is 1. The van der Waals surface area contributed by atoms with E-state index in [2.05, 4.69) is 19.2 Å². The van der Waals surface area contributed by atoms with Gasteiger partial charge in [-0.15, -0.1) is 0 Å². The number of nitrogens with two attached hydrogens (primary N) is 1. The van der Waals surface area contributed by atoms with Gasteiger partial charge in [-0.3, -0.25) is 4.79 Å². The number of carbonyl (C=O) groups excluding carboxylic acids is 1. The van der Waals surface area contributed by atoms with Crippen molar-refractivity contribution < 1.29 is 4.79 Å². The molecule has 0 spiro atoms. The average molecular weight is 232 g/mol. The third-order valence-corrected chi connectivity index (χ3v) is 3.96. The Kier molecular flexibility index (Phi) is 2.96. The van der Waals surface area contributed by atoms with Crippen LogP contribution in [0.15, 0.2) is 24.3 Å². The lowest BCUT2D eigenvalue weighted by atomic mass is 9.63. The van der Waals surface area contributed by atoms with Gasteiger partial charge in [-0.05, 0) is 25.5 Å². The van der Waals surface area contributed by atoms with Crippen molar-refractivity contribution in [3.05, 3.63) is 35.4 Å². The molecular formula is C14H20N2O. The van der Waals surface area contributed by atoms with Crippen molar-refractivity contribution in [2.24, 2.45) is 11.1 Å². The third-order valence-electron chi connectivity index (χ3n) is 3.96. The second kappa shape index (κ2) is 4.15. The van der Waals surface area contributed by atoms with Gasteiger partial charge in [-0.1, -0.05) is 31.5 Å². The summed E-state index contributed by atoms with van der Waals surface area (Å²) >= 11 is 0. The van der Waals surface area contributed by atoms with E-state index in [1.165, 1.54) is 0 Å². The second-order valence-electron chi connectivity index (χ2n) is 5.56. The maximum atomic E-state index is 12.0. The zero-order valence-electron chi connectivity index (χ0n) is 10.7. The van der Waals surface area contributed by atoms with E-state index in [0.717, 1.165) is 12.0 Å². The van der Waals surface area contributed by atoms with Crippen molar-refractivity contribution in [1.29, 1.82) is 0 Å². The van der Waals surface area contributed by atoms with Gasteiger partial charge in [0.1, 0.15) is 0 Å². The first kappa shape index (κ1) is 12.1. The van der Waals surface area contributed by atoms with Crippen molar-refractivity contribution in [3.8, 4) is 0 Å². The molecule has 3 nitrogen and oxygen atoms in total. The molecule has 1 aliphatic rings. The first-order chi connectivity index (χ1) is 7.91. The summed E-state index contributed by atoms with van der Waals surface area (Å²) in [6.07, 6.45) is 0.866. The molecule has 0 saturated heterocycles. The van der Waals surface area contributed by atoms with Gasteiger partial charge in [0.25, 0.3) is 5.91 Å². The van der Waals surface area contributed by atoms with E-state index in [4.69, 9.17) is 5.73 Å². The Hall–Kier alpha value is -1.35. The van der Waals surface area contributed by atoms with Crippen molar-refractivity contribution in [2.75, 3.05) is 0 Å². The number of amides is 1. The van der Waals surface area contributed by atoms with E-state index in [0.29, 0.717) is 5.56 Å². The smallest absolute Gasteiger partial charge is 0.251 e. The second-order valence-corrected chi connectivity index (χ2v) is 5.56. The Bertz CT molecular complexity index is 422. The number of benzene rings is 1. The monoisotopic (exact) mass is 232 g/mol. The maximum absolute atomic E-state index is 12.0. The normalized spacial score (nSPS) is 26.1. The Balaban J connectivity index is 2.01. The fourth-order valence-electron chi connectivity index (χ4n) is 2.15. The number of nitrogens with one attached hydrogen (secondary N) is 1. The molecule has 2 unspecified atom stereocenters. The van der Waals surface area contributed by atoms with Gasteiger partial charge in [-0.25, -0.2) is 0 Å². The van der Waals surface area contributed by atoms with Gasteiger partial charge < -0.3 is 11.1 Å². The zero-order chi connectivity index (χ0) is 12.6. The van der Waals surface area contributed by atoms with E-state index in [1.807, 2.05) is 31.2 Å². The highest BCUT2D eigenvalue weighted by molar-refractivity contribution is 5.94. The topological polar surface area (TPSA) is 55.1 Å². The lowest BCUT2D eigenvalue weighted by molar-refractivity contribution is 0.0586. The highest BCUT2D eigenvalue weighted by Gasteiger charge is 2.46. The van der Waals surface area contributed by atoms with Crippen LogP contribution in [0, 0.1) is 12.3 Å². The van der Waals surface area contributed by atoms with Crippen LogP contribution in [0.5, 0.6) is 0 Å².